The first-order valence-electron chi connectivity index (χ1n) is 5.11. The zero-order chi connectivity index (χ0) is 14.8. The number of halogens is 2. The summed E-state index contributed by atoms with van der Waals surface area (Å²) in [6, 6.07) is 3.98. The molecule has 4 nitrogen and oxygen atoms in total. The van der Waals surface area contributed by atoms with Gasteiger partial charge in [-0.2, -0.15) is 0 Å². The molecule has 1 rings (SSSR count). The molecule has 0 aromatic heterocycles. The van der Waals surface area contributed by atoms with Gasteiger partial charge < -0.3 is 5.32 Å². The van der Waals surface area contributed by atoms with Crippen LogP contribution in [0.4, 0.5) is 0 Å². The third-order valence-corrected chi connectivity index (χ3v) is 3.99. The maximum atomic E-state index is 12.0. The highest BCUT2D eigenvalue weighted by Crippen LogP contribution is 2.22. The van der Waals surface area contributed by atoms with Crippen LogP contribution in [0.15, 0.2) is 27.6 Å². The Morgan fingerprint density at radius 2 is 2.00 bits per heavy atom. The molecule has 0 fully saturated rings. The lowest BCUT2D eigenvalue weighted by atomic mass is 10.1. The van der Waals surface area contributed by atoms with Crippen molar-refractivity contribution in [2.45, 2.75) is 24.3 Å². The van der Waals surface area contributed by atoms with E-state index in [2.05, 4.69) is 27.2 Å². The zero-order valence-electron chi connectivity index (χ0n) is 10.2. The molecule has 0 atom stereocenters. The Morgan fingerprint density at radius 1 is 1.42 bits per heavy atom. The first kappa shape index (κ1) is 16.0. The van der Waals surface area contributed by atoms with Crippen LogP contribution in [0.25, 0.3) is 0 Å². The van der Waals surface area contributed by atoms with Gasteiger partial charge in [0, 0.05) is 20.7 Å². The third-order valence-electron chi connectivity index (χ3n) is 2.20. The van der Waals surface area contributed by atoms with Gasteiger partial charge in [0.1, 0.15) is 0 Å². The highest BCUT2D eigenvalue weighted by atomic mass is 79.9. The number of terminal acetylenes is 1. The van der Waals surface area contributed by atoms with E-state index in [1.807, 2.05) is 0 Å². The van der Waals surface area contributed by atoms with Gasteiger partial charge in [-0.3, -0.25) is 4.79 Å². The van der Waals surface area contributed by atoms with E-state index in [4.69, 9.17) is 17.1 Å². The van der Waals surface area contributed by atoms with Crippen LogP contribution in [0.2, 0.25) is 0 Å². The summed E-state index contributed by atoms with van der Waals surface area (Å²) in [5.41, 5.74) is -0.684. The van der Waals surface area contributed by atoms with E-state index in [0.717, 1.165) is 0 Å². The Morgan fingerprint density at radius 3 is 2.47 bits per heavy atom. The quantitative estimate of drug-likeness (QED) is 0.662. The topological polar surface area (TPSA) is 63.2 Å². The summed E-state index contributed by atoms with van der Waals surface area (Å²) in [5.74, 6) is 1.93. The van der Waals surface area contributed by atoms with E-state index in [1.165, 1.54) is 18.2 Å². The number of nitrogens with one attached hydrogen (secondary N) is 1. The monoisotopic (exact) mass is 363 g/mol. The van der Waals surface area contributed by atoms with Gasteiger partial charge in [-0.1, -0.05) is 21.9 Å². The van der Waals surface area contributed by atoms with E-state index in [9.17, 15) is 13.2 Å². The highest BCUT2D eigenvalue weighted by molar-refractivity contribution is 9.10. The summed E-state index contributed by atoms with van der Waals surface area (Å²) in [6.07, 6.45) is 5.27. The van der Waals surface area contributed by atoms with Crippen molar-refractivity contribution in [3.8, 4) is 12.3 Å². The number of carbonyl (C=O) groups is 1. The molecule has 0 unspecified atom stereocenters. The Balaban J connectivity index is 3.20. The van der Waals surface area contributed by atoms with Crippen molar-refractivity contribution >= 4 is 41.6 Å². The molecular formula is C12H11BrClNO3S. The minimum Gasteiger partial charge on any atom is -0.336 e. The van der Waals surface area contributed by atoms with Gasteiger partial charge in [-0.05, 0) is 32.0 Å². The molecule has 0 spiro atoms. The molecule has 0 saturated heterocycles. The molecule has 1 aromatic carbocycles. The number of rotatable bonds is 3. The van der Waals surface area contributed by atoms with Gasteiger partial charge in [0.25, 0.3) is 15.0 Å². The Bertz CT molecular complexity index is 662. The fraction of sp³-hybridized carbons (Fsp3) is 0.250. The molecule has 102 valence electrons. The fourth-order valence-corrected chi connectivity index (χ4v) is 2.67. The molecular weight excluding hydrogens is 354 g/mol. The Kier molecular flexibility index (Phi) is 4.67. The van der Waals surface area contributed by atoms with E-state index in [-0.39, 0.29) is 10.5 Å². The van der Waals surface area contributed by atoms with E-state index in [1.54, 1.807) is 13.8 Å². The van der Waals surface area contributed by atoms with Crippen molar-refractivity contribution in [2.24, 2.45) is 0 Å². The fourth-order valence-electron chi connectivity index (χ4n) is 1.23. The average molecular weight is 365 g/mol. The molecule has 7 heteroatoms. The molecule has 0 aliphatic rings. The van der Waals surface area contributed by atoms with Crippen LogP contribution in [-0.2, 0) is 9.05 Å². The van der Waals surface area contributed by atoms with E-state index in [0.29, 0.717) is 4.47 Å². The smallest absolute Gasteiger partial charge is 0.261 e. The lowest BCUT2D eigenvalue weighted by Gasteiger charge is -2.19. The first-order chi connectivity index (χ1) is 8.55. The first-order valence-corrected chi connectivity index (χ1v) is 8.21. The second-order valence-corrected chi connectivity index (χ2v) is 7.82. The van der Waals surface area contributed by atoms with Crippen LogP contribution < -0.4 is 5.32 Å². The van der Waals surface area contributed by atoms with Crippen LogP contribution in [0.3, 0.4) is 0 Å². The summed E-state index contributed by atoms with van der Waals surface area (Å²) in [6.45, 7) is 3.31. The van der Waals surface area contributed by atoms with Gasteiger partial charge in [0.15, 0.2) is 0 Å². The van der Waals surface area contributed by atoms with Crippen LogP contribution >= 0.6 is 26.6 Å². The van der Waals surface area contributed by atoms with Crippen molar-refractivity contribution < 1.29 is 13.2 Å². The molecule has 1 N–H and O–H groups in total. The molecule has 0 heterocycles. The average Bonchev–Trinajstić information content (AvgIpc) is 2.26. The van der Waals surface area contributed by atoms with Gasteiger partial charge >= 0.3 is 0 Å². The molecule has 0 saturated carbocycles. The summed E-state index contributed by atoms with van der Waals surface area (Å²) < 4.78 is 23.0. The second kappa shape index (κ2) is 5.53. The number of carbonyl (C=O) groups excluding carboxylic acids is 1. The number of hydrogen-bond donors (Lipinski definition) is 1. The lowest BCUT2D eigenvalue weighted by Crippen LogP contribution is -2.42. The highest BCUT2D eigenvalue weighted by Gasteiger charge is 2.20. The predicted molar refractivity (Wildman–Crippen MR) is 77.6 cm³/mol. The van der Waals surface area contributed by atoms with Crippen LogP contribution in [0.5, 0.6) is 0 Å². The Labute approximate surface area is 125 Å². The van der Waals surface area contributed by atoms with Crippen molar-refractivity contribution in [1.29, 1.82) is 0 Å². The molecule has 1 amide bonds. The van der Waals surface area contributed by atoms with Crippen LogP contribution in [0.1, 0.15) is 24.2 Å². The van der Waals surface area contributed by atoms with Crippen molar-refractivity contribution in [1.82, 2.24) is 5.32 Å². The molecule has 1 aromatic rings. The summed E-state index contributed by atoms with van der Waals surface area (Å²) >= 11 is 3.13. The standard InChI is InChI=1S/C12H11BrClNO3S/c1-4-12(2,3)15-11(16)8-5-9(13)7-10(6-8)19(14,17)18/h1,5-7H,2-3H3,(H,15,16). The van der Waals surface area contributed by atoms with Gasteiger partial charge in [0.05, 0.1) is 10.4 Å². The third kappa shape index (κ3) is 4.53. The minimum atomic E-state index is -3.91. The Hall–Kier alpha value is -1.03. The summed E-state index contributed by atoms with van der Waals surface area (Å²) in [5, 5.41) is 2.59. The van der Waals surface area contributed by atoms with Crippen molar-refractivity contribution in [2.75, 3.05) is 0 Å². The molecule has 0 aliphatic heterocycles. The van der Waals surface area contributed by atoms with Crippen LogP contribution in [-0.4, -0.2) is 19.9 Å². The van der Waals surface area contributed by atoms with E-state index < -0.39 is 20.5 Å². The SMILES string of the molecule is C#CC(C)(C)NC(=O)c1cc(Br)cc(S(=O)(=O)Cl)c1. The van der Waals surface area contributed by atoms with Crippen LogP contribution in [0, 0.1) is 12.3 Å². The number of hydrogen-bond acceptors (Lipinski definition) is 3. The summed E-state index contributed by atoms with van der Waals surface area (Å²) in [7, 11) is 1.35. The zero-order valence-corrected chi connectivity index (χ0v) is 13.4. The largest absolute Gasteiger partial charge is 0.336 e. The number of amides is 1. The second-order valence-electron chi connectivity index (χ2n) is 4.34. The molecule has 0 aliphatic carbocycles. The molecule has 0 bridgehead atoms. The van der Waals surface area contributed by atoms with Gasteiger partial charge in [0.2, 0.25) is 0 Å². The lowest BCUT2D eigenvalue weighted by molar-refractivity contribution is 0.0929. The predicted octanol–water partition coefficient (Wildman–Crippen LogP) is 2.52. The minimum absolute atomic E-state index is 0.150. The maximum absolute atomic E-state index is 12.0. The van der Waals surface area contributed by atoms with Crippen molar-refractivity contribution in [3.63, 3.8) is 0 Å². The molecule has 0 radical (unpaired) electrons. The van der Waals surface area contributed by atoms with Crippen molar-refractivity contribution in [3.05, 3.63) is 28.2 Å². The molecule has 19 heavy (non-hydrogen) atoms. The van der Waals surface area contributed by atoms with Gasteiger partial charge in [-0.25, -0.2) is 8.42 Å². The van der Waals surface area contributed by atoms with E-state index >= 15 is 0 Å². The summed E-state index contributed by atoms with van der Waals surface area (Å²) in [4.78, 5) is 11.8. The maximum Gasteiger partial charge on any atom is 0.261 e. The number of benzene rings is 1. The normalized spacial score (nSPS) is 11.7. The van der Waals surface area contributed by atoms with Gasteiger partial charge in [-0.15, -0.1) is 6.42 Å².